The monoisotopic (exact) mass is 246 g/mol. The van der Waals surface area contributed by atoms with Crippen molar-refractivity contribution in [2.75, 3.05) is 6.54 Å². The lowest BCUT2D eigenvalue weighted by Gasteiger charge is -2.11. The predicted molar refractivity (Wildman–Crippen MR) is 73.3 cm³/mol. The van der Waals surface area contributed by atoms with Crippen molar-refractivity contribution in [2.24, 2.45) is 0 Å². The Hall–Kier alpha value is -1.35. The summed E-state index contributed by atoms with van der Waals surface area (Å²) in [5.41, 5.74) is 2.39. The van der Waals surface area contributed by atoms with Crippen molar-refractivity contribution in [2.45, 2.75) is 45.2 Å². The molecule has 3 nitrogen and oxygen atoms in total. The lowest BCUT2D eigenvalue weighted by molar-refractivity contribution is -0.120. The van der Waals surface area contributed by atoms with Gasteiger partial charge < -0.3 is 10.6 Å². The molecule has 0 aliphatic heterocycles. The van der Waals surface area contributed by atoms with Gasteiger partial charge in [0.25, 0.3) is 0 Å². The van der Waals surface area contributed by atoms with Crippen molar-refractivity contribution in [1.82, 2.24) is 10.6 Å². The van der Waals surface area contributed by atoms with Crippen molar-refractivity contribution in [1.29, 1.82) is 0 Å². The zero-order chi connectivity index (χ0) is 12.8. The summed E-state index contributed by atoms with van der Waals surface area (Å²) in [7, 11) is 0. The first-order valence-corrected chi connectivity index (χ1v) is 6.79. The Morgan fingerprint density at radius 2 is 1.89 bits per heavy atom. The third kappa shape index (κ3) is 4.15. The number of amides is 1. The van der Waals surface area contributed by atoms with Gasteiger partial charge in [-0.1, -0.05) is 42.7 Å². The van der Waals surface area contributed by atoms with E-state index in [-0.39, 0.29) is 5.91 Å². The maximum absolute atomic E-state index is 11.7. The third-order valence-electron chi connectivity index (χ3n) is 3.52. The number of carbonyl (C=O) groups excluding carboxylic acids is 1. The highest BCUT2D eigenvalue weighted by molar-refractivity contribution is 5.78. The molecule has 1 aromatic carbocycles. The van der Waals surface area contributed by atoms with Crippen molar-refractivity contribution in [3.63, 3.8) is 0 Å². The second-order valence-corrected chi connectivity index (χ2v) is 5.12. The molecular weight excluding hydrogens is 224 g/mol. The summed E-state index contributed by atoms with van der Waals surface area (Å²) >= 11 is 0. The molecule has 0 spiro atoms. The summed E-state index contributed by atoms with van der Waals surface area (Å²) in [5.74, 6) is 0.0856. The standard InChI is InChI=1S/C15H22N2O/c1-12-6-8-13(9-7-12)10-17-15(18)11-16-14-4-2-3-5-14/h6-9,14,16H,2-5,10-11H2,1H3,(H,17,18). The molecule has 2 rings (SSSR count). The quantitative estimate of drug-likeness (QED) is 0.835. The van der Waals surface area contributed by atoms with E-state index in [1.807, 2.05) is 0 Å². The van der Waals surface area contributed by atoms with Gasteiger partial charge in [-0.25, -0.2) is 0 Å². The van der Waals surface area contributed by atoms with Crippen LogP contribution in [0.5, 0.6) is 0 Å². The minimum Gasteiger partial charge on any atom is -0.351 e. The summed E-state index contributed by atoms with van der Waals surface area (Å²) in [4.78, 5) is 11.7. The molecule has 1 saturated carbocycles. The van der Waals surface area contributed by atoms with Crippen LogP contribution in [0.15, 0.2) is 24.3 Å². The van der Waals surface area contributed by atoms with E-state index in [1.54, 1.807) is 0 Å². The van der Waals surface area contributed by atoms with E-state index in [0.717, 1.165) is 5.56 Å². The molecule has 0 saturated heterocycles. The molecule has 0 bridgehead atoms. The van der Waals surface area contributed by atoms with Gasteiger partial charge in [-0.05, 0) is 25.3 Å². The first kappa shape index (κ1) is 13.1. The summed E-state index contributed by atoms with van der Waals surface area (Å²) < 4.78 is 0. The van der Waals surface area contributed by atoms with Gasteiger partial charge in [0.05, 0.1) is 6.54 Å². The summed E-state index contributed by atoms with van der Waals surface area (Å²) in [5, 5.41) is 6.26. The van der Waals surface area contributed by atoms with Crippen molar-refractivity contribution < 1.29 is 4.79 Å². The molecule has 1 aliphatic carbocycles. The molecule has 0 atom stereocenters. The highest BCUT2D eigenvalue weighted by Crippen LogP contribution is 2.17. The number of hydrogen-bond acceptors (Lipinski definition) is 2. The zero-order valence-electron chi connectivity index (χ0n) is 11.0. The SMILES string of the molecule is Cc1ccc(CNC(=O)CNC2CCCC2)cc1. The van der Waals surface area contributed by atoms with E-state index < -0.39 is 0 Å². The lowest BCUT2D eigenvalue weighted by atomic mass is 10.1. The smallest absolute Gasteiger partial charge is 0.234 e. The Balaban J connectivity index is 1.66. The summed E-state index contributed by atoms with van der Waals surface area (Å²) in [6, 6.07) is 8.80. The first-order chi connectivity index (χ1) is 8.74. The normalized spacial score (nSPS) is 15.8. The molecule has 1 amide bonds. The van der Waals surface area contributed by atoms with Crippen LogP contribution in [0.2, 0.25) is 0 Å². The lowest BCUT2D eigenvalue weighted by Crippen LogP contribution is -2.37. The first-order valence-electron chi connectivity index (χ1n) is 6.79. The fraction of sp³-hybridized carbons (Fsp3) is 0.533. The largest absolute Gasteiger partial charge is 0.351 e. The van der Waals surface area contributed by atoms with Gasteiger partial charge in [0.2, 0.25) is 5.91 Å². The third-order valence-corrected chi connectivity index (χ3v) is 3.52. The summed E-state index contributed by atoms with van der Waals surface area (Å²) in [6.45, 7) is 3.12. The molecule has 98 valence electrons. The van der Waals surface area contributed by atoms with E-state index in [1.165, 1.54) is 31.2 Å². The van der Waals surface area contributed by atoms with Crippen LogP contribution in [0.25, 0.3) is 0 Å². The Labute approximate surface area is 109 Å². The van der Waals surface area contributed by atoms with Gasteiger partial charge in [0, 0.05) is 12.6 Å². The van der Waals surface area contributed by atoms with Gasteiger partial charge in [-0.3, -0.25) is 4.79 Å². The van der Waals surface area contributed by atoms with Crippen LogP contribution >= 0.6 is 0 Å². The fourth-order valence-electron chi connectivity index (χ4n) is 2.34. The van der Waals surface area contributed by atoms with Crippen molar-refractivity contribution in [3.05, 3.63) is 35.4 Å². The number of nitrogens with one attached hydrogen (secondary N) is 2. The average molecular weight is 246 g/mol. The summed E-state index contributed by atoms with van der Waals surface area (Å²) in [6.07, 6.45) is 5.02. The number of aryl methyl sites for hydroxylation is 1. The Morgan fingerprint density at radius 1 is 1.22 bits per heavy atom. The highest BCUT2D eigenvalue weighted by atomic mass is 16.1. The second kappa shape index (κ2) is 6.55. The second-order valence-electron chi connectivity index (χ2n) is 5.12. The molecule has 0 heterocycles. The molecule has 18 heavy (non-hydrogen) atoms. The van der Waals surface area contributed by atoms with E-state index in [2.05, 4.69) is 41.8 Å². The highest BCUT2D eigenvalue weighted by Gasteiger charge is 2.14. The van der Waals surface area contributed by atoms with Crippen molar-refractivity contribution >= 4 is 5.91 Å². The number of rotatable bonds is 5. The van der Waals surface area contributed by atoms with Crippen LogP contribution in [0.1, 0.15) is 36.8 Å². The van der Waals surface area contributed by atoms with Gasteiger partial charge in [0.15, 0.2) is 0 Å². The molecule has 1 fully saturated rings. The molecule has 1 aromatic rings. The van der Waals surface area contributed by atoms with Gasteiger partial charge >= 0.3 is 0 Å². The van der Waals surface area contributed by atoms with Crippen LogP contribution in [0.4, 0.5) is 0 Å². The van der Waals surface area contributed by atoms with E-state index >= 15 is 0 Å². The maximum Gasteiger partial charge on any atom is 0.234 e. The predicted octanol–water partition coefficient (Wildman–Crippen LogP) is 2.14. The number of carbonyl (C=O) groups is 1. The van der Waals surface area contributed by atoms with Crippen LogP contribution in [-0.2, 0) is 11.3 Å². The van der Waals surface area contributed by atoms with Crippen molar-refractivity contribution in [3.8, 4) is 0 Å². The Morgan fingerprint density at radius 3 is 2.56 bits per heavy atom. The van der Waals surface area contributed by atoms with Crippen LogP contribution in [0, 0.1) is 6.92 Å². The molecule has 2 N–H and O–H groups in total. The van der Waals surface area contributed by atoms with E-state index in [0.29, 0.717) is 19.1 Å². The molecular formula is C15H22N2O. The van der Waals surface area contributed by atoms with E-state index in [4.69, 9.17) is 0 Å². The molecule has 3 heteroatoms. The van der Waals surface area contributed by atoms with Gasteiger partial charge in [0.1, 0.15) is 0 Å². The molecule has 0 radical (unpaired) electrons. The molecule has 1 aliphatic rings. The Kier molecular flexibility index (Phi) is 4.76. The minimum atomic E-state index is 0.0856. The topological polar surface area (TPSA) is 41.1 Å². The molecule has 0 unspecified atom stereocenters. The van der Waals surface area contributed by atoms with Gasteiger partial charge in [-0.15, -0.1) is 0 Å². The number of hydrogen-bond donors (Lipinski definition) is 2. The minimum absolute atomic E-state index is 0.0856. The zero-order valence-corrected chi connectivity index (χ0v) is 11.0. The van der Waals surface area contributed by atoms with Crippen LogP contribution in [0.3, 0.4) is 0 Å². The maximum atomic E-state index is 11.7. The fourth-order valence-corrected chi connectivity index (χ4v) is 2.34. The molecule has 0 aromatic heterocycles. The average Bonchev–Trinajstić information content (AvgIpc) is 2.89. The van der Waals surface area contributed by atoms with Crippen LogP contribution < -0.4 is 10.6 Å². The number of benzene rings is 1. The van der Waals surface area contributed by atoms with E-state index in [9.17, 15) is 4.79 Å². The van der Waals surface area contributed by atoms with Crippen LogP contribution in [-0.4, -0.2) is 18.5 Å². The van der Waals surface area contributed by atoms with Gasteiger partial charge in [-0.2, -0.15) is 0 Å². The Bertz CT molecular complexity index is 380.